The number of carbonyl (C=O) groups excluding carboxylic acids is 1. The number of primary amides is 1. The maximum absolute atomic E-state index is 11.0. The van der Waals surface area contributed by atoms with Crippen LogP contribution < -0.4 is 16.4 Å². The molecule has 6 nitrogen and oxygen atoms in total. The minimum Gasteiger partial charge on any atom is -0.454 e. The number of carbonyl (C=O) groups is 1. The molecule has 0 saturated carbocycles. The smallest absolute Gasteiger partial charge is 0.284 e. The molecule has 4 N–H and O–H groups in total. The van der Waals surface area contributed by atoms with Gasteiger partial charge >= 0.3 is 0 Å². The molecular formula is C17H22N4O2. The molecule has 0 fully saturated rings. The number of nitrogens with one attached hydrogen (secondary N) is 2. The Morgan fingerprint density at radius 2 is 1.96 bits per heavy atom. The summed E-state index contributed by atoms with van der Waals surface area (Å²) in [6.07, 6.45) is 2.03. The lowest BCUT2D eigenvalue weighted by Gasteiger charge is -2.10. The molecule has 0 spiro atoms. The molecule has 122 valence electrons. The van der Waals surface area contributed by atoms with Gasteiger partial charge in [0.05, 0.1) is 6.54 Å². The number of furan rings is 1. The highest BCUT2D eigenvalue weighted by Crippen LogP contribution is 2.06. The van der Waals surface area contributed by atoms with Gasteiger partial charge < -0.3 is 20.8 Å². The van der Waals surface area contributed by atoms with Gasteiger partial charge in [-0.25, -0.2) is 0 Å². The van der Waals surface area contributed by atoms with E-state index in [1.807, 2.05) is 18.2 Å². The summed E-state index contributed by atoms with van der Waals surface area (Å²) in [6, 6.07) is 13.7. The van der Waals surface area contributed by atoms with Crippen LogP contribution in [0, 0.1) is 0 Å². The SMILES string of the molecule is CN=C(NCCCc1ccccc1)NCc1ccc(C(N)=O)o1. The van der Waals surface area contributed by atoms with Crippen molar-refractivity contribution in [2.75, 3.05) is 13.6 Å². The zero-order valence-corrected chi connectivity index (χ0v) is 13.2. The molecule has 2 rings (SSSR count). The van der Waals surface area contributed by atoms with Gasteiger partial charge in [-0.1, -0.05) is 30.3 Å². The molecule has 23 heavy (non-hydrogen) atoms. The van der Waals surface area contributed by atoms with Gasteiger partial charge in [0, 0.05) is 13.6 Å². The summed E-state index contributed by atoms with van der Waals surface area (Å²) in [6.45, 7) is 1.25. The van der Waals surface area contributed by atoms with E-state index < -0.39 is 5.91 Å². The number of nitrogens with two attached hydrogens (primary N) is 1. The van der Waals surface area contributed by atoms with Gasteiger partial charge in [0.25, 0.3) is 5.91 Å². The topological polar surface area (TPSA) is 92.6 Å². The monoisotopic (exact) mass is 314 g/mol. The molecule has 0 unspecified atom stereocenters. The van der Waals surface area contributed by atoms with Crippen LogP contribution >= 0.6 is 0 Å². The molecule has 0 bridgehead atoms. The van der Waals surface area contributed by atoms with Crippen LogP contribution in [0.3, 0.4) is 0 Å². The van der Waals surface area contributed by atoms with Crippen molar-refractivity contribution in [3.63, 3.8) is 0 Å². The third-order valence-corrected chi connectivity index (χ3v) is 3.34. The van der Waals surface area contributed by atoms with Gasteiger partial charge in [-0.15, -0.1) is 0 Å². The average Bonchev–Trinajstić information content (AvgIpc) is 3.04. The summed E-state index contributed by atoms with van der Waals surface area (Å²) >= 11 is 0. The van der Waals surface area contributed by atoms with Crippen molar-refractivity contribution in [1.29, 1.82) is 0 Å². The lowest BCUT2D eigenvalue weighted by atomic mass is 10.1. The zero-order valence-electron chi connectivity index (χ0n) is 13.2. The van der Waals surface area contributed by atoms with Gasteiger partial charge in [0.1, 0.15) is 5.76 Å². The molecule has 1 aromatic carbocycles. The Bertz CT molecular complexity index is 650. The first-order chi connectivity index (χ1) is 11.2. The Labute approximate surface area is 135 Å². The summed E-state index contributed by atoms with van der Waals surface area (Å²) in [5.41, 5.74) is 6.47. The Morgan fingerprint density at radius 3 is 2.61 bits per heavy atom. The maximum atomic E-state index is 11.0. The first-order valence-corrected chi connectivity index (χ1v) is 7.56. The fourth-order valence-electron chi connectivity index (χ4n) is 2.14. The number of aryl methyl sites for hydroxylation is 1. The number of rotatable bonds is 7. The van der Waals surface area contributed by atoms with Gasteiger partial charge in [0.2, 0.25) is 0 Å². The molecule has 0 atom stereocenters. The fraction of sp³-hybridized carbons (Fsp3) is 0.294. The van der Waals surface area contributed by atoms with E-state index >= 15 is 0 Å². The van der Waals surface area contributed by atoms with Crippen LogP contribution in [0.4, 0.5) is 0 Å². The van der Waals surface area contributed by atoms with Crippen LogP contribution in [0.1, 0.15) is 28.3 Å². The van der Waals surface area contributed by atoms with Gasteiger partial charge in [-0.3, -0.25) is 9.79 Å². The van der Waals surface area contributed by atoms with E-state index in [-0.39, 0.29) is 5.76 Å². The molecular weight excluding hydrogens is 292 g/mol. The molecule has 1 aromatic heterocycles. The number of guanidine groups is 1. The second-order valence-corrected chi connectivity index (χ2v) is 5.07. The molecule has 1 amide bonds. The first-order valence-electron chi connectivity index (χ1n) is 7.56. The highest BCUT2D eigenvalue weighted by Gasteiger charge is 2.07. The van der Waals surface area contributed by atoms with E-state index in [0.29, 0.717) is 18.3 Å². The number of hydrogen-bond donors (Lipinski definition) is 3. The first kappa shape index (κ1) is 16.6. The van der Waals surface area contributed by atoms with E-state index in [0.717, 1.165) is 19.4 Å². The van der Waals surface area contributed by atoms with Crippen LogP contribution in [-0.4, -0.2) is 25.5 Å². The minimum atomic E-state index is -0.570. The molecule has 0 saturated heterocycles. The predicted octanol–water partition coefficient (Wildman–Crippen LogP) is 1.68. The number of aliphatic imine (C=N–C) groups is 1. The molecule has 0 radical (unpaired) electrons. The van der Waals surface area contributed by atoms with Crippen molar-refractivity contribution in [3.05, 3.63) is 59.5 Å². The van der Waals surface area contributed by atoms with Crippen LogP contribution in [0.25, 0.3) is 0 Å². The molecule has 0 aliphatic heterocycles. The second kappa shape index (κ2) is 8.63. The Kier molecular flexibility index (Phi) is 6.23. The van der Waals surface area contributed by atoms with Gasteiger partial charge in [0.15, 0.2) is 11.7 Å². The lowest BCUT2D eigenvalue weighted by Crippen LogP contribution is -2.37. The standard InChI is InChI=1S/C17H22N4O2/c1-19-17(20-11-5-8-13-6-3-2-4-7-13)21-12-14-9-10-15(23-14)16(18)22/h2-4,6-7,9-10H,5,8,11-12H2,1H3,(H2,18,22)(H2,19,20,21). The van der Waals surface area contributed by atoms with E-state index in [1.165, 1.54) is 5.56 Å². The van der Waals surface area contributed by atoms with Gasteiger partial charge in [-0.05, 0) is 30.5 Å². The third-order valence-electron chi connectivity index (χ3n) is 3.34. The third kappa shape index (κ3) is 5.50. The van der Waals surface area contributed by atoms with Gasteiger partial charge in [-0.2, -0.15) is 0 Å². The van der Waals surface area contributed by atoms with Crippen molar-refractivity contribution in [2.24, 2.45) is 10.7 Å². The molecule has 6 heteroatoms. The number of nitrogens with zero attached hydrogens (tertiary/aromatic N) is 1. The largest absolute Gasteiger partial charge is 0.454 e. The lowest BCUT2D eigenvalue weighted by molar-refractivity contribution is 0.0972. The quantitative estimate of drug-likeness (QED) is 0.412. The highest BCUT2D eigenvalue weighted by atomic mass is 16.3. The summed E-state index contributed by atoms with van der Waals surface area (Å²) < 4.78 is 5.30. The summed E-state index contributed by atoms with van der Waals surface area (Å²) in [4.78, 5) is 15.1. The van der Waals surface area contributed by atoms with Crippen molar-refractivity contribution < 1.29 is 9.21 Å². The Hall–Kier alpha value is -2.76. The number of benzene rings is 1. The van der Waals surface area contributed by atoms with E-state index in [9.17, 15) is 4.79 Å². The predicted molar refractivity (Wildman–Crippen MR) is 90.2 cm³/mol. The summed E-state index contributed by atoms with van der Waals surface area (Å²) in [5, 5.41) is 6.37. The molecule has 0 aliphatic carbocycles. The average molecular weight is 314 g/mol. The normalized spacial score (nSPS) is 11.3. The Balaban J connectivity index is 1.69. The molecule has 1 heterocycles. The highest BCUT2D eigenvalue weighted by molar-refractivity contribution is 5.89. The maximum Gasteiger partial charge on any atom is 0.284 e. The molecule has 0 aliphatic rings. The zero-order chi connectivity index (χ0) is 16.5. The Morgan fingerprint density at radius 1 is 1.17 bits per heavy atom. The minimum absolute atomic E-state index is 0.160. The van der Waals surface area contributed by atoms with Crippen LogP contribution in [0.15, 0.2) is 51.9 Å². The molecule has 2 aromatic rings. The second-order valence-electron chi connectivity index (χ2n) is 5.07. The van der Waals surface area contributed by atoms with Crippen molar-refractivity contribution in [2.45, 2.75) is 19.4 Å². The van der Waals surface area contributed by atoms with Crippen LogP contribution in [0.2, 0.25) is 0 Å². The van der Waals surface area contributed by atoms with Crippen molar-refractivity contribution in [3.8, 4) is 0 Å². The van der Waals surface area contributed by atoms with Crippen LogP contribution in [0.5, 0.6) is 0 Å². The summed E-state index contributed by atoms with van der Waals surface area (Å²) in [7, 11) is 1.71. The summed E-state index contributed by atoms with van der Waals surface area (Å²) in [5.74, 6) is 0.911. The van der Waals surface area contributed by atoms with E-state index in [4.69, 9.17) is 10.2 Å². The number of hydrogen-bond acceptors (Lipinski definition) is 3. The van der Waals surface area contributed by atoms with Crippen molar-refractivity contribution in [1.82, 2.24) is 10.6 Å². The van der Waals surface area contributed by atoms with Crippen molar-refractivity contribution >= 4 is 11.9 Å². The van der Waals surface area contributed by atoms with E-state index in [1.54, 1.807) is 19.2 Å². The van der Waals surface area contributed by atoms with E-state index in [2.05, 4.69) is 27.8 Å². The fourth-order valence-corrected chi connectivity index (χ4v) is 2.14. The van der Waals surface area contributed by atoms with Crippen LogP contribution in [-0.2, 0) is 13.0 Å². The number of amides is 1.